The van der Waals surface area contributed by atoms with E-state index in [9.17, 15) is 0 Å². The van der Waals surface area contributed by atoms with Gasteiger partial charge < -0.3 is 5.32 Å². The Morgan fingerprint density at radius 3 is 2.40 bits per heavy atom. The Morgan fingerprint density at radius 1 is 1.20 bits per heavy atom. The molecule has 1 aromatic rings. The van der Waals surface area contributed by atoms with Gasteiger partial charge in [0.05, 0.1) is 0 Å². The molecule has 0 fully saturated rings. The summed E-state index contributed by atoms with van der Waals surface area (Å²) in [5.74, 6) is 0. The van der Waals surface area contributed by atoms with Crippen molar-refractivity contribution in [2.24, 2.45) is 0 Å². The standard InChI is InChI=1S/C9H11N/c1-7-4-5-9(10-3)6-8(7)2/h4-6,10H,1-2H2,3H3. The topological polar surface area (TPSA) is 12.0 Å². The van der Waals surface area contributed by atoms with Crippen LogP contribution < -0.4 is 15.8 Å². The minimum Gasteiger partial charge on any atom is -0.388 e. The van der Waals surface area contributed by atoms with Crippen molar-refractivity contribution in [3.05, 3.63) is 28.6 Å². The Hall–Kier alpha value is -1.24. The van der Waals surface area contributed by atoms with Crippen LogP contribution in [0.25, 0.3) is 13.2 Å². The fraction of sp³-hybridized carbons (Fsp3) is 0.111. The van der Waals surface area contributed by atoms with Gasteiger partial charge in [-0.05, 0) is 22.6 Å². The molecule has 1 rings (SSSR count). The van der Waals surface area contributed by atoms with Gasteiger partial charge in [-0.1, -0.05) is 19.2 Å². The fourth-order valence-corrected chi connectivity index (χ4v) is 0.781. The summed E-state index contributed by atoms with van der Waals surface area (Å²) in [5, 5.41) is 4.99. The highest BCUT2D eigenvalue weighted by molar-refractivity contribution is 5.43. The van der Waals surface area contributed by atoms with Crippen LogP contribution in [0.4, 0.5) is 5.69 Å². The smallest absolute Gasteiger partial charge is 0.0343 e. The van der Waals surface area contributed by atoms with Crippen molar-refractivity contribution >= 4 is 18.8 Å². The van der Waals surface area contributed by atoms with Gasteiger partial charge in [-0.25, -0.2) is 0 Å². The van der Waals surface area contributed by atoms with Crippen LogP contribution in [0.1, 0.15) is 0 Å². The van der Waals surface area contributed by atoms with Crippen molar-refractivity contribution in [2.75, 3.05) is 12.4 Å². The van der Waals surface area contributed by atoms with Crippen LogP contribution in [-0.4, -0.2) is 7.05 Å². The second-order valence-corrected chi connectivity index (χ2v) is 2.23. The molecule has 1 nitrogen and oxygen atoms in total. The van der Waals surface area contributed by atoms with E-state index in [4.69, 9.17) is 0 Å². The van der Waals surface area contributed by atoms with E-state index >= 15 is 0 Å². The molecule has 0 amide bonds. The van der Waals surface area contributed by atoms with Crippen molar-refractivity contribution in [2.45, 2.75) is 0 Å². The van der Waals surface area contributed by atoms with Crippen molar-refractivity contribution < 1.29 is 0 Å². The third kappa shape index (κ3) is 1.18. The monoisotopic (exact) mass is 133 g/mol. The number of rotatable bonds is 1. The Balaban J connectivity index is 3.31. The van der Waals surface area contributed by atoms with E-state index in [0.717, 1.165) is 16.1 Å². The van der Waals surface area contributed by atoms with Gasteiger partial charge in [0.2, 0.25) is 0 Å². The summed E-state index contributed by atoms with van der Waals surface area (Å²) in [4.78, 5) is 0. The van der Waals surface area contributed by atoms with Crippen LogP contribution in [0, 0.1) is 0 Å². The average molecular weight is 133 g/mol. The van der Waals surface area contributed by atoms with Gasteiger partial charge >= 0.3 is 0 Å². The molecule has 0 bridgehead atoms. The lowest BCUT2D eigenvalue weighted by Crippen LogP contribution is -2.20. The first-order valence-electron chi connectivity index (χ1n) is 3.20. The first kappa shape index (κ1) is 6.87. The Morgan fingerprint density at radius 2 is 1.90 bits per heavy atom. The molecule has 52 valence electrons. The average Bonchev–Trinajstić information content (AvgIpc) is 1.95. The maximum atomic E-state index is 3.83. The summed E-state index contributed by atoms with van der Waals surface area (Å²) in [6.45, 7) is 7.63. The molecule has 10 heavy (non-hydrogen) atoms. The summed E-state index contributed by atoms with van der Waals surface area (Å²) in [7, 11) is 1.89. The molecule has 1 N–H and O–H groups in total. The summed E-state index contributed by atoms with van der Waals surface area (Å²) < 4.78 is 0. The molecule has 0 aliphatic heterocycles. The zero-order valence-corrected chi connectivity index (χ0v) is 6.15. The van der Waals surface area contributed by atoms with E-state index in [2.05, 4.69) is 18.5 Å². The van der Waals surface area contributed by atoms with Crippen molar-refractivity contribution in [3.8, 4) is 0 Å². The molecule has 0 spiro atoms. The Bertz CT molecular complexity index is 314. The van der Waals surface area contributed by atoms with Gasteiger partial charge in [-0.3, -0.25) is 0 Å². The lowest BCUT2D eigenvalue weighted by atomic mass is 10.2. The van der Waals surface area contributed by atoms with Crippen LogP contribution in [-0.2, 0) is 0 Å². The number of anilines is 1. The summed E-state index contributed by atoms with van der Waals surface area (Å²) in [6, 6.07) is 5.91. The van der Waals surface area contributed by atoms with Gasteiger partial charge in [0.25, 0.3) is 0 Å². The minimum absolute atomic E-state index is 0.979. The predicted octanol–water partition coefficient (Wildman–Crippen LogP) is 0.549. The first-order valence-corrected chi connectivity index (χ1v) is 3.20. The van der Waals surface area contributed by atoms with Crippen LogP contribution >= 0.6 is 0 Å². The molecule has 0 saturated carbocycles. The highest BCUT2D eigenvalue weighted by atomic mass is 14.8. The van der Waals surface area contributed by atoms with E-state index < -0.39 is 0 Å². The van der Waals surface area contributed by atoms with Gasteiger partial charge in [0.15, 0.2) is 0 Å². The van der Waals surface area contributed by atoms with E-state index in [1.54, 1.807) is 0 Å². The molecule has 0 heterocycles. The summed E-state index contributed by atoms with van der Waals surface area (Å²) >= 11 is 0. The summed E-state index contributed by atoms with van der Waals surface area (Å²) in [6.07, 6.45) is 0. The van der Waals surface area contributed by atoms with Gasteiger partial charge in [-0.2, -0.15) is 0 Å². The molecule has 1 aromatic carbocycles. The van der Waals surface area contributed by atoms with Crippen LogP contribution in [0.2, 0.25) is 0 Å². The fourth-order valence-electron chi connectivity index (χ4n) is 0.781. The lowest BCUT2D eigenvalue weighted by molar-refractivity contribution is 1.46. The highest BCUT2D eigenvalue weighted by Crippen LogP contribution is 1.95. The Labute approximate surface area is 60.7 Å². The molecular formula is C9H11N. The van der Waals surface area contributed by atoms with Gasteiger partial charge in [-0.15, -0.1) is 0 Å². The number of hydrogen-bond donors (Lipinski definition) is 1. The third-order valence-corrected chi connectivity index (χ3v) is 1.49. The molecule has 0 aliphatic carbocycles. The second-order valence-electron chi connectivity index (χ2n) is 2.23. The second kappa shape index (κ2) is 2.56. The SMILES string of the molecule is C=c1ccc(NC)cc1=C. The molecule has 0 unspecified atom stereocenters. The van der Waals surface area contributed by atoms with E-state index in [0.29, 0.717) is 0 Å². The molecule has 1 heteroatoms. The van der Waals surface area contributed by atoms with Gasteiger partial charge in [0.1, 0.15) is 0 Å². The van der Waals surface area contributed by atoms with E-state index in [1.165, 1.54) is 0 Å². The largest absolute Gasteiger partial charge is 0.388 e. The number of hydrogen-bond acceptors (Lipinski definition) is 1. The van der Waals surface area contributed by atoms with Crippen molar-refractivity contribution in [1.29, 1.82) is 0 Å². The zero-order valence-electron chi connectivity index (χ0n) is 6.15. The quantitative estimate of drug-likeness (QED) is 0.590. The molecule has 0 aliphatic rings. The lowest BCUT2D eigenvalue weighted by Gasteiger charge is -1.96. The predicted molar refractivity (Wildman–Crippen MR) is 46.3 cm³/mol. The van der Waals surface area contributed by atoms with Crippen molar-refractivity contribution in [3.63, 3.8) is 0 Å². The van der Waals surface area contributed by atoms with Crippen LogP contribution in [0.15, 0.2) is 18.2 Å². The molecule has 0 atom stereocenters. The van der Waals surface area contributed by atoms with Crippen LogP contribution in [0.3, 0.4) is 0 Å². The normalized spacial score (nSPS) is 9.30. The van der Waals surface area contributed by atoms with Gasteiger partial charge in [0, 0.05) is 12.7 Å². The maximum absolute atomic E-state index is 3.83. The molecular weight excluding hydrogens is 122 g/mol. The number of nitrogens with one attached hydrogen (secondary N) is 1. The maximum Gasteiger partial charge on any atom is 0.0343 e. The third-order valence-electron chi connectivity index (χ3n) is 1.49. The number of benzene rings is 1. The van der Waals surface area contributed by atoms with Crippen LogP contribution in [0.5, 0.6) is 0 Å². The van der Waals surface area contributed by atoms with E-state index in [1.807, 2.05) is 25.2 Å². The Kier molecular flexibility index (Phi) is 1.76. The summed E-state index contributed by atoms with van der Waals surface area (Å²) in [5.41, 5.74) is 1.08. The first-order chi connectivity index (χ1) is 4.74. The molecule has 0 aromatic heterocycles. The van der Waals surface area contributed by atoms with E-state index in [-0.39, 0.29) is 0 Å². The molecule has 0 saturated heterocycles. The zero-order chi connectivity index (χ0) is 7.56. The molecule has 0 radical (unpaired) electrons. The highest BCUT2D eigenvalue weighted by Gasteiger charge is 1.84. The minimum atomic E-state index is 0.979. The van der Waals surface area contributed by atoms with Crippen molar-refractivity contribution in [1.82, 2.24) is 0 Å².